The van der Waals surface area contributed by atoms with E-state index in [1.807, 2.05) is 36.4 Å². The van der Waals surface area contributed by atoms with Gasteiger partial charge in [0.2, 0.25) is 11.8 Å². The summed E-state index contributed by atoms with van der Waals surface area (Å²) in [6, 6.07) is 25.3. The van der Waals surface area contributed by atoms with Gasteiger partial charge in [-0.15, -0.1) is 0 Å². The fraction of sp³-hybridized carbons (Fsp3) is 0.323. The molecule has 4 amide bonds. The summed E-state index contributed by atoms with van der Waals surface area (Å²) in [5.74, 6) is -0.570. The second kappa shape index (κ2) is 11.9. The predicted molar refractivity (Wildman–Crippen MR) is 149 cm³/mol. The Morgan fingerprint density at radius 1 is 0.950 bits per heavy atom. The number of likely N-dealkylation sites (N-methyl/N-ethyl adjacent to an activating group) is 1. The van der Waals surface area contributed by atoms with Crippen molar-refractivity contribution in [3.05, 3.63) is 107 Å². The Labute approximate surface area is 233 Å². The van der Waals surface area contributed by atoms with Crippen LogP contribution in [0.4, 0.5) is 9.18 Å². The zero-order chi connectivity index (χ0) is 28.2. The van der Waals surface area contributed by atoms with Crippen LogP contribution in [0, 0.1) is 5.82 Å². The Balaban J connectivity index is 1.34. The normalized spacial score (nSPS) is 19.6. The van der Waals surface area contributed by atoms with Crippen LogP contribution in [0.25, 0.3) is 0 Å². The zero-order valence-electron chi connectivity index (χ0n) is 22.7. The summed E-state index contributed by atoms with van der Waals surface area (Å²) in [6.07, 6.45) is 0.0545. The molecule has 0 radical (unpaired) electrons. The molecule has 5 rings (SSSR count). The van der Waals surface area contributed by atoms with Gasteiger partial charge in [-0.05, 0) is 42.2 Å². The molecule has 2 aliphatic rings. The van der Waals surface area contributed by atoms with E-state index < -0.39 is 12.2 Å². The summed E-state index contributed by atoms with van der Waals surface area (Å²) in [5, 5.41) is 6.00. The second-order valence-corrected chi connectivity index (χ2v) is 10.3. The molecule has 3 aromatic rings. The Hall–Kier alpha value is -4.24. The lowest BCUT2D eigenvalue weighted by Crippen LogP contribution is -2.75. The number of nitrogens with one attached hydrogen (secondary N) is 1. The van der Waals surface area contributed by atoms with Gasteiger partial charge < -0.3 is 15.1 Å². The maximum Gasteiger partial charge on any atom is 0.334 e. The van der Waals surface area contributed by atoms with Crippen LogP contribution < -0.4 is 5.32 Å². The summed E-state index contributed by atoms with van der Waals surface area (Å²) in [6.45, 7) is 2.61. The van der Waals surface area contributed by atoms with Crippen molar-refractivity contribution >= 4 is 17.8 Å². The first kappa shape index (κ1) is 27.3. The highest BCUT2D eigenvalue weighted by Crippen LogP contribution is 2.30. The molecule has 0 aliphatic carbocycles. The van der Waals surface area contributed by atoms with Crippen LogP contribution in [-0.4, -0.2) is 76.6 Å². The molecule has 2 fully saturated rings. The molecule has 208 valence electrons. The van der Waals surface area contributed by atoms with E-state index in [1.165, 1.54) is 33.2 Å². The van der Waals surface area contributed by atoms with Crippen LogP contribution in [0.2, 0.25) is 0 Å². The number of piperazine rings is 1. The van der Waals surface area contributed by atoms with Crippen molar-refractivity contribution in [3.8, 4) is 0 Å². The topological polar surface area (TPSA) is 76.2 Å². The van der Waals surface area contributed by atoms with Crippen LogP contribution in [0.3, 0.4) is 0 Å². The molecule has 2 saturated heterocycles. The van der Waals surface area contributed by atoms with Crippen molar-refractivity contribution in [2.75, 3.05) is 26.7 Å². The fourth-order valence-electron chi connectivity index (χ4n) is 5.71. The Bertz CT molecular complexity index is 1300. The molecule has 2 aliphatic heterocycles. The van der Waals surface area contributed by atoms with Gasteiger partial charge >= 0.3 is 6.03 Å². The third-order valence-electron chi connectivity index (χ3n) is 7.75. The number of hydrogen-bond acceptors (Lipinski definition) is 4. The van der Waals surface area contributed by atoms with Gasteiger partial charge in [-0.3, -0.25) is 9.59 Å². The molecule has 1 N–H and O–H groups in total. The second-order valence-electron chi connectivity index (χ2n) is 10.3. The first-order valence-electron chi connectivity index (χ1n) is 13.6. The van der Waals surface area contributed by atoms with Crippen LogP contribution >= 0.6 is 0 Å². The highest BCUT2D eigenvalue weighted by atomic mass is 19.1. The smallest absolute Gasteiger partial charge is 0.334 e. The maximum atomic E-state index is 13.5. The molecule has 0 bridgehead atoms. The number of halogens is 1. The van der Waals surface area contributed by atoms with Gasteiger partial charge in [0.15, 0.2) is 0 Å². The van der Waals surface area contributed by atoms with Crippen molar-refractivity contribution in [1.29, 1.82) is 0 Å². The fourth-order valence-corrected chi connectivity index (χ4v) is 5.71. The Morgan fingerprint density at radius 2 is 1.55 bits per heavy atom. The molecular formula is C31H34FN5O3. The molecule has 0 aromatic heterocycles. The summed E-state index contributed by atoms with van der Waals surface area (Å²) in [5.41, 5.74) is 3.09. The predicted octanol–water partition coefficient (Wildman–Crippen LogP) is 3.81. The lowest BCUT2D eigenvalue weighted by molar-refractivity contribution is -0.185. The van der Waals surface area contributed by atoms with E-state index in [0.717, 1.165) is 5.56 Å². The summed E-state index contributed by atoms with van der Waals surface area (Å²) < 4.78 is 13.3. The Morgan fingerprint density at radius 3 is 2.15 bits per heavy atom. The molecular weight excluding hydrogens is 509 g/mol. The van der Waals surface area contributed by atoms with Gasteiger partial charge in [0.05, 0.1) is 13.1 Å². The molecule has 40 heavy (non-hydrogen) atoms. The highest BCUT2D eigenvalue weighted by molar-refractivity contribution is 5.91. The van der Waals surface area contributed by atoms with Gasteiger partial charge in [-0.2, -0.15) is 0 Å². The number of hydrazine groups is 1. The minimum atomic E-state index is -0.695. The van der Waals surface area contributed by atoms with Crippen LogP contribution in [-0.2, 0) is 16.1 Å². The van der Waals surface area contributed by atoms with Gasteiger partial charge in [0.1, 0.15) is 18.0 Å². The van der Waals surface area contributed by atoms with E-state index in [1.54, 1.807) is 36.0 Å². The molecule has 3 aromatic carbocycles. The molecule has 2 heterocycles. The van der Waals surface area contributed by atoms with Crippen molar-refractivity contribution < 1.29 is 18.8 Å². The number of benzene rings is 3. The number of carbonyl (C=O) groups excluding carboxylic acids is 3. The number of nitrogens with zero attached hydrogens (tertiary/aromatic N) is 4. The Kier molecular flexibility index (Phi) is 8.11. The average Bonchev–Trinajstić information content (AvgIpc) is 2.96. The SMILES string of the molecule is C[C@H]1C(=O)N(CCC(c2ccccc2)c2ccccc2)C[C@H]2N1C(=O)CN(C)N2C(=O)NCc1ccc(F)cc1. The molecule has 2 atom stereocenters. The number of urea groups is 1. The molecule has 9 heteroatoms. The number of amides is 4. The largest absolute Gasteiger partial charge is 0.337 e. The molecule has 0 spiro atoms. The van der Waals surface area contributed by atoms with Crippen molar-refractivity contribution in [2.24, 2.45) is 0 Å². The molecule has 0 unspecified atom stereocenters. The summed E-state index contributed by atoms with van der Waals surface area (Å²) in [7, 11) is 1.69. The van der Waals surface area contributed by atoms with E-state index in [0.29, 0.717) is 13.0 Å². The first-order chi connectivity index (χ1) is 19.3. The monoisotopic (exact) mass is 543 g/mol. The number of fused-ring (bicyclic) bond motifs is 1. The number of rotatable bonds is 7. The van der Waals surface area contributed by atoms with Crippen molar-refractivity contribution in [2.45, 2.75) is 38.0 Å². The zero-order valence-corrected chi connectivity index (χ0v) is 22.7. The third-order valence-corrected chi connectivity index (χ3v) is 7.75. The van der Waals surface area contributed by atoms with Crippen molar-refractivity contribution in [1.82, 2.24) is 25.1 Å². The van der Waals surface area contributed by atoms with Gasteiger partial charge in [-0.1, -0.05) is 72.8 Å². The number of hydrogen-bond donors (Lipinski definition) is 1. The minimum Gasteiger partial charge on any atom is -0.337 e. The molecule has 0 saturated carbocycles. The van der Waals surface area contributed by atoms with Gasteiger partial charge in [-0.25, -0.2) is 19.2 Å². The standard InChI is InChI=1S/C31H34FN5O3/c1-22-30(39)35(18-17-27(24-9-5-3-6-10-24)25-11-7-4-8-12-25)20-28-36(22)29(38)21-34(2)37(28)31(40)33-19-23-13-15-26(32)16-14-23/h3-16,22,27-28H,17-21H2,1-2H3,(H,33,40)/t22-,28-/m0/s1. The third kappa shape index (κ3) is 5.70. The summed E-state index contributed by atoms with van der Waals surface area (Å²) in [4.78, 5) is 43.2. The summed E-state index contributed by atoms with van der Waals surface area (Å²) >= 11 is 0. The maximum absolute atomic E-state index is 13.5. The van der Waals surface area contributed by atoms with Crippen LogP contribution in [0.5, 0.6) is 0 Å². The van der Waals surface area contributed by atoms with E-state index in [2.05, 4.69) is 29.6 Å². The van der Waals surface area contributed by atoms with Crippen LogP contribution in [0.15, 0.2) is 84.9 Å². The lowest BCUT2D eigenvalue weighted by atomic mass is 9.88. The van der Waals surface area contributed by atoms with Gasteiger partial charge in [0.25, 0.3) is 0 Å². The van der Waals surface area contributed by atoms with E-state index in [4.69, 9.17) is 0 Å². The minimum absolute atomic E-state index is 0.0117. The highest BCUT2D eigenvalue weighted by Gasteiger charge is 2.49. The first-order valence-corrected chi connectivity index (χ1v) is 13.6. The lowest BCUT2D eigenvalue weighted by Gasteiger charge is -2.54. The number of carbonyl (C=O) groups is 3. The van der Waals surface area contributed by atoms with E-state index in [9.17, 15) is 18.8 Å². The van der Waals surface area contributed by atoms with E-state index in [-0.39, 0.29) is 49.2 Å². The van der Waals surface area contributed by atoms with E-state index >= 15 is 0 Å². The van der Waals surface area contributed by atoms with Crippen molar-refractivity contribution in [3.63, 3.8) is 0 Å². The van der Waals surface area contributed by atoms with Crippen LogP contribution in [0.1, 0.15) is 36.0 Å². The van der Waals surface area contributed by atoms with Gasteiger partial charge in [0, 0.05) is 26.1 Å². The average molecular weight is 544 g/mol. The quantitative estimate of drug-likeness (QED) is 0.492. The molecule has 8 nitrogen and oxygen atoms in total.